The van der Waals surface area contributed by atoms with E-state index in [0.717, 1.165) is 25.5 Å². The Bertz CT molecular complexity index is 432. The Kier molecular flexibility index (Phi) is 11.5. The fourth-order valence-electron chi connectivity index (χ4n) is 4.14. The summed E-state index contributed by atoms with van der Waals surface area (Å²) in [6, 6.07) is 0. The largest absolute Gasteiger partial charge is 0.355 e. The maximum Gasteiger partial charge on any atom is 0.239 e. The minimum atomic E-state index is 0. The van der Waals surface area contributed by atoms with Gasteiger partial charge in [-0.3, -0.25) is 14.7 Å². The van der Waals surface area contributed by atoms with E-state index in [2.05, 4.69) is 32.8 Å². The van der Waals surface area contributed by atoms with Crippen molar-refractivity contribution in [3.05, 3.63) is 0 Å². The number of amides is 1. The summed E-state index contributed by atoms with van der Waals surface area (Å²) >= 11 is 0. The quantitative estimate of drug-likeness (QED) is 0.298. The normalized spacial score (nSPS) is 20.8. The van der Waals surface area contributed by atoms with E-state index in [9.17, 15) is 4.79 Å². The zero-order valence-corrected chi connectivity index (χ0v) is 18.9. The lowest BCUT2D eigenvalue weighted by Gasteiger charge is -2.48. The number of guanidine groups is 1. The number of hydrogen-bond donors (Lipinski definition) is 3. The van der Waals surface area contributed by atoms with Gasteiger partial charge in [-0.15, -0.1) is 24.0 Å². The molecule has 0 bridgehead atoms. The minimum Gasteiger partial charge on any atom is -0.355 e. The van der Waals surface area contributed by atoms with Gasteiger partial charge >= 0.3 is 0 Å². The Hall–Kier alpha value is -0.570. The van der Waals surface area contributed by atoms with Crippen molar-refractivity contribution in [1.29, 1.82) is 0 Å². The molecule has 3 N–H and O–H groups in total. The van der Waals surface area contributed by atoms with Gasteiger partial charge in [-0.1, -0.05) is 32.6 Å². The Balaban J connectivity index is 0.00000338. The number of hydrogen-bond acceptors (Lipinski definition) is 3. The van der Waals surface area contributed by atoms with Crippen LogP contribution in [-0.2, 0) is 4.79 Å². The van der Waals surface area contributed by atoms with E-state index in [-0.39, 0.29) is 42.0 Å². The monoisotopic (exact) mass is 479 g/mol. The number of likely N-dealkylation sites (tertiary alicyclic amines) is 1. The molecule has 2 fully saturated rings. The van der Waals surface area contributed by atoms with Crippen LogP contribution in [0.5, 0.6) is 0 Å². The van der Waals surface area contributed by atoms with E-state index in [1.807, 2.05) is 0 Å². The lowest BCUT2D eigenvalue weighted by molar-refractivity contribution is -0.120. The van der Waals surface area contributed by atoms with Crippen molar-refractivity contribution in [3.8, 4) is 0 Å². The average Bonchev–Trinajstić information content (AvgIpc) is 2.68. The molecule has 1 heterocycles. The summed E-state index contributed by atoms with van der Waals surface area (Å²) in [5, 5.41) is 9.54. The van der Waals surface area contributed by atoms with Gasteiger partial charge in [0.25, 0.3) is 0 Å². The van der Waals surface area contributed by atoms with Crippen LogP contribution in [0, 0.1) is 0 Å². The third kappa shape index (κ3) is 7.21. The van der Waals surface area contributed by atoms with Gasteiger partial charge in [-0.05, 0) is 45.2 Å². The lowest BCUT2D eigenvalue weighted by atomic mass is 9.79. The first kappa shape index (κ1) is 23.5. The summed E-state index contributed by atoms with van der Waals surface area (Å²) < 4.78 is 0. The predicted molar refractivity (Wildman–Crippen MR) is 119 cm³/mol. The van der Waals surface area contributed by atoms with Crippen LogP contribution < -0.4 is 16.0 Å². The van der Waals surface area contributed by atoms with Gasteiger partial charge in [-0.2, -0.15) is 0 Å². The van der Waals surface area contributed by atoms with Crippen molar-refractivity contribution < 1.29 is 4.79 Å². The second-order valence-corrected chi connectivity index (χ2v) is 7.46. The molecule has 0 aromatic heterocycles. The molecule has 0 aromatic rings. The zero-order chi connectivity index (χ0) is 18.0. The van der Waals surface area contributed by atoms with Crippen LogP contribution in [0.1, 0.15) is 64.7 Å². The molecule has 152 valence electrons. The number of aliphatic imine (C=N–C) groups is 1. The molecule has 2 rings (SSSR count). The Labute approximate surface area is 176 Å². The number of halogens is 1. The fraction of sp³-hybridized carbons (Fsp3) is 0.895. The number of carbonyl (C=O) groups excluding carboxylic acids is 1. The van der Waals surface area contributed by atoms with Crippen LogP contribution in [0.2, 0.25) is 0 Å². The second kappa shape index (κ2) is 12.8. The van der Waals surface area contributed by atoms with E-state index < -0.39 is 0 Å². The van der Waals surface area contributed by atoms with Gasteiger partial charge in [-0.25, -0.2) is 0 Å². The average molecular weight is 479 g/mol. The Morgan fingerprint density at radius 3 is 2.27 bits per heavy atom. The first-order valence-corrected chi connectivity index (χ1v) is 10.2. The number of carbonyl (C=O) groups is 1. The maximum absolute atomic E-state index is 11.8. The molecule has 0 atom stereocenters. The summed E-state index contributed by atoms with van der Waals surface area (Å²) in [4.78, 5) is 18.8. The number of nitrogens with zero attached hydrogens (tertiary/aromatic N) is 2. The van der Waals surface area contributed by atoms with Gasteiger partial charge in [0.15, 0.2) is 5.96 Å². The smallest absolute Gasteiger partial charge is 0.239 e. The highest BCUT2D eigenvalue weighted by atomic mass is 127. The van der Waals surface area contributed by atoms with Crippen molar-refractivity contribution in [3.63, 3.8) is 0 Å². The molecule has 1 aliphatic heterocycles. The second-order valence-electron chi connectivity index (χ2n) is 7.46. The van der Waals surface area contributed by atoms with Crippen molar-refractivity contribution in [2.24, 2.45) is 4.99 Å². The van der Waals surface area contributed by atoms with E-state index in [1.165, 1.54) is 64.5 Å². The van der Waals surface area contributed by atoms with Crippen LogP contribution in [-0.4, -0.2) is 62.1 Å². The van der Waals surface area contributed by atoms with Crippen LogP contribution in [0.15, 0.2) is 4.99 Å². The number of rotatable bonds is 7. The molecule has 26 heavy (non-hydrogen) atoms. The molecule has 0 aromatic carbocycles. The van der Waals surface area contributed by atoms with E-state index in [1.54, 1.807) is 7.05 Å². The highest BCUT2D eigenvalue weighted by Crippen LogP contribution is 2.35. The summed E-state index contributed by atoms with van der Waals surface area (Å²) in [5.41, 5.74) is 0.265. The minimum absolute atomic E-state index is 0. The molecular formula is C19H38IN5O. The van der Waals surface area contributed by atoms with Gasteiger partial charge < -0.3 is 16.0 Å². The molecule has 0 radical (unpaired) electrons. The molecule has 1 saturated heterocycles. The van der Waals surface area contributed by atoms with Crippen LogP contribution in [0.25, 0.3) is 0 Å². The maximum atomic E-state index is 11.8. The molecule has 0 spiro atoms. The summed E-state index contributed by atoms with van der Waals surface area (Å²) in [7, 11) is 1.77. The summed E-state index contributed by atoms with van der Waals surface area (Å²) in [5.74, 6) is 0.752. The fourth-order valence-corrected chi connectivity index (χ4v) is 4.14. The van der Waals surface area contributed by atoms with Crippen molar-refractivity contribution in [1.82, 2.24) is 20.9 Å². The summed E-state index contributed by atoms with van der Waals surface area (Å²) in [6.07, 6.45) is 11.5. The third-order valence-electron chi connectivity index (χ3n) is 5.61. The Morgan fingerprint density at radius 1 is 1.00 bits per heavy atom. The van der Waals surface area contributed by atoms with Gasteiger partial charge in [0.2, 0.25) is 5.91 Å². The van der Waals surface area contributed by atoms with E-state index in [4.69, 9.17) is 0 Å². The SMILES string of the molecule is CCCNC(=O)CNC(=NC)NCC1(N2CCCCC2)CCCCC1.I. The molecule has 0 unspecified atom stereocenters. The van der Waals surface area contributed by atoms with Gasteiger partial charge in [0, 0.05) is 25.7 Å². The first-order chi connectivity index (χ1) is 12.2. The topological polar surface area (TPSA) is 68.8 Å². The summed E-state index contributed by atoms with van der Waals surface area (Å²) in [6.45, 7) is 6.43. The standard InChI is InChI=1S/C19H37N5O.HI/c1-3-12-21-17(25)15-22-18(20-2)23-16-19(10-6-4-7-11-19)24-13-8-5-9-14-24;/h3-16H2,1-2H3,(H,21,25)(H2,20,22,23);1H. The first-order valence-electron chi connectivity index (χ1n) is 10.2. The van der Waals surface area contributed by atoms with Crippen molar-refractivity contribution in [2.75, 3.05) is 39.8 Å². The number of nitrogens with one attached hydrogen (secondary N) is 3. The van der Waals surface area contributed by atoms with Crippen molar-refractivity contribution >= 4 is 35.8 Å². The van der Waals surface area contributed by atoms with Crippen LogP contribution in [0.4, 0.5) is 0 Å². The van der Waals surface area contributed by atoms with E-state index >= 15 is 0 Å². The molecule has 7 heteroatoms. The lowest BCUT2D eigenvalue weighted by Crippen LogP contribution is -2.59. The molecule has 1 amide bonds. The van der Waals surface area contributed by atoms with Crippen LogP contribution >= 0.6 is 24.0 Å². The highest BCUT2D eigenvalue weighted by molar-refractivity contribution is 14.0. The molecule has 6 nitrogen and oxygen atoms in total. The Morgan fingerprint density at radius 2 is 1.65 bits per heavy atom. The molecule has 1 saturated carbocycles. The van der Waals surface area contributed by atoms with Gasteiger partial charge in [0.05, 0.1) is 6.54 Å². The zero-order valence-electron chi connectivity index (χ0n) is 16.6. The predicted octanol–water partition coefficient (Wildman–Crippen LogP) is 2.48. The molecule has 1 aliphatic carbocycles. The molecule has 2 aliphatic rings. The highest BCUT2D eigenvalue weighted by Gasteiger charge is 2.38. The third-order valence-corrected chi connectivity index (χ3v) is 5.61. The molecular weight excluding hydrogens is 441 g/mol. The van der Waals surface area contributed by atoms with E-state index in [0.29, 0.717) is 0 Å². The van der Waals surface area contributed by atoms with Crippen LogP contribution in [0.3, 0.4) is 0 Å². The number of piperidine rings is 1. The van der Waals surface area contributed by atoms with Gasteiger partial charge in [0.1, 0.15) is 0 Å². The van der Waals surface area contributed by atoms with Crippen molar-refractivity contribution in [2.45, 2.75) is 70.3 Å².